The summed E-state index contributed by atoms with van der Waals surface area (Å²) in [6.07, 6.45) is 1.37. The van der Waals surface area contributed by atoms with Gasteiger partial charge in [0, 0.05) is 30.7 Å². The summed E-state index contributed by atoms with van der Waals surface area (Å²) >= 11 is 0. The van der Waals surface area contributed by atoms with Gasteiger partial charge in [-0.2, -0.15) is 0 Å². The molecule has 0 aromatic heterocycles. The Morgan fingerprint density at radius 2 is 1.86 bits per heavy atom. The van der Waals surface area contributed by atoms with Gasteiger partial charge in [0.15, 0.2) is 0 Å². The third kappa shape index (κ3) is 1.47. The van der Waals surface area contributed by atoms with Crippen molar-refractivity contribution < 1.29 is 5.11 Å². The van der Waals surface area contributed by atoms with E-state index in [1.165, 1.54) is 13.0 Å². The van der Waals surface area contributed by atoms with Crippen LogP contribution in [-0.4, -0.2) is 58.8 Å². The first kappa shape index (κ1) is 10.4. The van der Waals surface area contributed by atoms with E-state index in [1.807, 2.05) is 0 Å². The first-order valence-corrected chi connectivity index (χ1v) is 5.70. The lowest BCUT2D eigenvalue weighted by atomic mass is 9.85. The molecule has 3 fully saturated rings. The summed E-state index contributed by atoms with van der Waals surface area (Å²) < 4.78 is 0. The third-order valence-corrected chi connectivity index (χ3v) is 3.95. The lowest BCUT2D eigenvalue weighted by Gasteiger charge is -2.59. The minimum absolute atomic E-state index is 0.0310. The SMILES string of the molecule is CCN1C2CC1CN(C(C)(C)CO)C2. The van der Waals surface area contributed by atoms with Gasteiger partial charge in [0.2, 0.25) is 0 Å². The van der Waals surface area contributed by atoms with Gasteiger partial charge in [0.25, 0.3) is 0 Å². The Hall–Kier alpha value is -0.120. The highest BCUT2D eigenvalue weighted by Crippen LogP contribution is 2.34. The van der Waals surface area contributed by atoms with Crippen molar-refractivity contribution in [2.45, 2.75) is 44.8 Å². The van der Waals surface area contributed by atoms with Crippen LogP contribution in [0.4, 0.5) is 0 Å². The average molecular weight is 198 g/mol. The van der Waals surface area contributed by atoms with Crippen LogP contribution in [0.3, 0.4) is 0 Å². The average Bonchev–Trinajstić information content (AvgIpc) is 2.18. The molecule has 3 rings (SSSR count). The summed E-state index contributed by atoms with van der Waals surface area (Å²) in [6, 6.07) is 1.51. The van der Waals surface area contributed by atoms with E-state index in [-0.39, 0.29) is 12.1 Å². The van der Waals surface area contributed by atoms with Crippen LogP contribution in [-0.2, 0) is 0 Å². The van der Waals surface area contributed by atoms with E-state index in [0.717, 1.165) is 25.2 Å². The van der Waals surface area contributed by atoms with Gasteiger partial charge in [0.1, 0.15) is 0 Å². The van der Waals surface area contributed by atoms with E-state index < -0.39 is 0 Å². The summed E-state index contributed by atoms with van der Waals surface area (Å²) in [6.45, 7) is 10.2. The lowest BCUT2D eigenvalue weighted by molar-refractivity contribution is -0.104. The predicted molar refractivity (Wildman–Crippen MR) is 57.3 cm³/mol. The number of nitrogens with zero attached hydrogens (tertiary/aromatic N) is 2. The zero-order valence-corrected chi connectivity index (χ0v) is 9.53. The number of piperazine rings is 1. The van der Waals surface area contributed by atoms with E-state index in [9.17, 15) is 5.11 Å². The molecule has 0 spiro atoms. The normalized spacial score (nSPS) is 34.3. The van der Waals surface area contributed by atoms with Crippen LogP contribution in [0.1, 0.15) is 27.2 Å². The molecule has 3 saturated heterocycles. The molecule has 3 heterocycles. The number of likely N-dealkylation sites (N-methyl/N-ethyl adjacent to an activating group) is 1. The van der Waals surface area contributed by atoms with Crippen molar-refractivity contribution in [3.05, 3.63) is 0 Å². The summed E-state index contributed by atoms with van der Waals surface area (Å²) in [7, 11) is 0. The molecule has 0 amide bonds. The second kappa shape index (κ2) is 3.47. The molecule has 0 aromatic rings. The molecule has 2 atom stereocenters. The molecule has 1 N–H and O–H groups in total. The Balaban J connectivity index is 1.96. The van der Waals surface area contributed by atoms with E-state index >= 15 is 0 Å². The van der Waals surface area contributed by atoms with Crippen LogP contribution in [0, 0.1) is 0 Å². The number of piperidine rings is 1. The van der Waals surface area contributed by atoms with Crippen LogP contribution >= 0.6 is 0 Å². The van der Waals surface area contributed by atoms with E-state index in [4.69, 9.17) is 0 Å². The predicted octanol–water partition coefficient (Wildman–Crippen LogP) is 0.536. The molecule has 3 aliphatic heterocycles. The van der Waals surface area contributed by atoms with Crippen LogP contribution in [0.5, 0.6) is 0 Å². The first-order chi connectivity index (χ1) is 6.58. The van der Waals surface area contributed by atoms with Gasteiger partial charge >= 0.3 is 0 Å². The maximum Gasteiger partial charge on any atom is 0.0610 e. The quantitative estimate of drug-likeness (QED) is 0.717. The van der Waals surface area contributed by atoms with Crippen molar-refractivity contribution in [2.24, 2.45) is 0 Å². The second-order valence-corrected chi connectivity index (χ2v) is 5.25. The van der Waals surface area contributed by atoms with Crippen molar-refractivity contribution in [3.8, 4) is 0 Å². The molecule has 82 valence electrons. The monoisotopic (exact) mass is 198 g/mol. The Labute approximate surface area is 86.7 Å². The zero-order valence-electron chi connectivity index (χ0n) is 9.53. The summed E-state index contributed by atoms with van der Waals surface area (Å²) in [4.78, 5) is 5.03. The van der Waals surface area contributed by atoms with E-state index in [2.05, 4.69) is 30.6 Å². The Kier molecular flexibility index (Phi) is 2.58. The number of aliphatic hydroxyl groups is 1. The van der Waals surface area contributed by atoms with Crippen molar-refractivity contribution in [1.82, 2.24) is 9.80 Å². The zero-order chi connectivity index (χ0) is 10.3. The maximum absolute atomic E-state index is 9.32. The second-order valence-electron chi connectivity index (χ2n) is 5.25. The molecule has 3 heteroatoms. The van der Waals surface area contributed by atoms with Crippen LogP contribution in [0.25, 0.3) is 0 Å². The third-order valence-electron chi connectivity index (χ3n) is 3.95. The maximum atomic E-state index is 9.32. The highest BCUT2D eigenvalue weighted by atomic mass is 16.3. The fourth-order valence-electron chi connectivity index (χ4n) is 2.80. The molecular formula is C11H22N2O. The molecule has 2 bridgehead atoms. The highest BCUT2D eigenvalue weighted by molar-refractivity contribution is 5.03. The molecule has 0 saturated carbocycles. The van der Waals surface area contributed by atoms with Gasteiger partial charge in [-0.25, -0.2) is 0 Å². The largest absolute Gasteiger partial charge is 0.394 e. The van der Waals surface area contributed by atoms with Crippen molar-refractivity contribution >= 4 is 0 Å². The summed E-state index contributed by atoms with van der Waals surface area (Å²) in [5, 5.41) is 9.32. The number of rotatable bonds is 3. The molecule has 0 radical (unpaired) electrons. The minimum Gasteiger partial charge on any atom is -0.394 e. The first-order valence-electron chi connectivity index (χ1n) is 5.70. The molecule has 3 aliphatic rings. The van der Waals surface area contributed by atoms with Gasteiger partial charge in [-0.1, -0.05) is 6.92 Å². The van der Waals surface area contributed by atoms with Crippen LogP contribution in [0.2, 0.25) is 0 Å². The van der Waals surface area contributed by atoms with Gasteiger partial charge in [-0.15, -0.1) is 0 Å². The fraction of sp³-hybridized carbons (Fsp3) is 1.00. The Morgan fingerprint density at radius 1 is 1.29 bits per heavy atom. The highest BCUT2D eigenvalue weighted by Gasteiger charge is 2.46. The molecule has 3 nitrogen and oxygen atoms in total. The van der Waals surface area contributed by atoms with Gasteiger partial charge in [0.05, 0.1) is 6.61 Å². The Bertz CT molecular complexity index is 205. The topological polar surface area (TPSA) is 26.7 Å². The van der Waals surface area contributed by atoms with Crippen molar-refractivity contribution in [3.63, 3.8) is 0 Å². The van der Waals surface area contributed by atoms with Crippen molar-refractivity contribution in [1.29, 1.82) is 0 Å². The van der Waals surface area contributed by atoms with Crippen molar-refractivity contribution in [2.75, 3.05) is 26.2 Å². The molecule has 2 unspecified atom stereocenters. The fourth-order valence-corrected chi connectivity index (χ4v) is 2.80. The number of fused-ring (bicyclic) bond motifs is 2. The van der Waals surface area contributed by atoms with E-state index in [1.54, 1.807) is 0 Å². The summed E-state index contributed by atoms with van der Waals surface area (Å²) in [5.41, 5.74) is -0.0310. The van der Waals surface area contributed by atoms with Gasteiger partial charge in [-0.05, 0) is 26.8 Å². The molecule has 14 heavy (non-hydrogen) atoms. The number of aliphatic hydroxyl groups excluding tert-OH is 1. The Morgan fingerprint density at radius 3 is 2.29 bits per heavy atom. The van der Waals surface area contributed by atoms with Crippen LogP contribution < -0.4 is 0 Å². The van der Waals surface area contributed by atoms with Crippen LogP contribution in [0.15, 0.2) is 0 Å². The number of hydrogen-bond acceptors (Lipinski definition) is 3. The van der Waals surface area contributed by atoms with Gasteiger partial charge < -0.3 is 5.11 Å². The molecular weight excluding hydrogens is 176 g/mol. The number of hydrogen-bond donors (Lipinski definition) is 1. The standard InChI is InChI=1S/C11H22N2O/c1-4-13-9-5-10(13)7-12(6-9)11(2,3)8-14/h9-10,14H,4-8H2,1-3H3. The van der Waals surface area contributed by atoms with Gasteiger partial charge in [-0.3, -0.25) is 9.80 Å². The minimum atomic E-state index is -0.0310. The summed E-state index contributed by atoms with van der Waals surface area (Å²) in [5.74, 6) is 0. The molecule has 0 aliphatic carbocycles. The lowest BCUT2D eigenvalue weighted by Crippen LogP contribution is -2.71. The van der Waals surface area contributed by atoms with E-state index in [0.29, 0.717) is 0 Å². The molecule has 0 aromatic carbocycles. The smallest absolute Gasteiger partial charge is 0.0610 e.